The van der Waals surface area contributed by atoms with Gasteiger partial charge in [0.2, 0.25) is 0 Å². The summed E-state index contributed by atoms with van der Waals surface area (Å²) >= 11 is 0. The lowest BCUT2D eigenvalue weighted by atomic mass is 10.1. The molecule has 1 aliphatic rings. The quantitative estimate of drug-likeness (QED) is 0.462. The van der Waals surface area contributed by atoms with E-state index in [2.05, 4.69) is 58.6 Å². The van der Waals surface area contributed by atoms with E-state index in [4.69, 9.17) is 0 Å². The molecule has 1 saturated heterocycles. The van der Waals surface area contributed by atoms with Crippen LogP contribution in [0.5, 0.6) is 0 Å². The summed E-state index contributed by atoms with van der Waals surface area (Å²) in [6.45, 7) is 7.49. The second-order valence-electron chi connectivity index (χ2n) is 5.26. The van der Waals surface area contributed by atoms with Crippen LogP contribution in [0.1, 0.15) is 38.3 Å². The highest BCUT2D eigenvalue weighted by atomic mass is 127. The van der Waals surface area contributed by atoms with Crippen LogP contribution in [-0.4, -0.2) is 32.6 Å². The molecule has 1 atom stereocenters. The van der Waals surface area contributed by atoms with E-state index >= 15 is 0 Å². The summed E-state index contributed by atoms with van der Waals surface area (Å²) in [5.41, 5.74) is 2.64. The Morgan fingerprint density at radius 3 is 2.67 bits per heavy atom. The van der Waals surface area contributed by atoms with Crippen LogP contribution in [0.3, 0.4) is 0 Å². The second-order valence-corrected chi connectivity index (χ2v) is 5.26. The van der Waals surface area contributed by atoms with Crippen LogP contribution in [0.4, 0.5) is 5.69 Å². The molecule has 1 heterocycles. The van der Waals surface area contributed by atoms with Gasteiger partial charge in [-0.05, 0) is 44.4 Å². The number of guanidine groups is 1. The van der Waals surface area contributed by atoms with Gasteiger partial charge >= 0.3 is 0 Å². The molecule has 0 bridgehead atoms. The molecule has 21 heavy (non-hydrogen) atoms. The predicted molar refractivity (Wildman–Crippen MR) is 102 cm³/mol. The summed E-state index contributed by atoms with van der Waals surface area (Å²) in [7, 11) is 1.80. The number of hydrogen-bond donors (Lipinski definition) is 2. The molecule has 1 unspecified atom stereocenters. The van der Waals surface area contributed by atoms with E-state index in [1.165, 1.54) is 37.2 Å². The first-order valence-corrected chi connectivity index (χ1v) is 7.56. The Hall–Kier alpha value is -0.980. The van der Waals surface area contributed by atoms with Crippen molar-refractivity contribution in [2.24, 2.45) is 4.99 Å². The van der Waals surface area contributed by atoms with Crippen molar-refractivity contribution in [3.05, 3.63) is 29.8 Å². The fourth-order valence-electron chi connectivity index (χ4n) is 2.62. The van der Waals surface area contributed by atoms with Gasteiger partial charge in [-0.25, -0.2) is 0 Å². The van der Waals surface area contributed by atoms with E-state index in [1.54, 1.807) is 7.05 Å². The van der Waals surface area contributed by atoms with E-state index < -0.39 is 0 Å². The summed E-state index contributed by atoms with van der Waals surface area (Å²) in [4.78, 5) is 6.69. The lowest BCUT2D eigenvalue weighted by Gasteiger charge is -2.21. The molecule has 1 aromatic rings. The summed E-state index contributed by atoms with van der Waals surface area (Å²) in [6, 6.07) is 9.08. The monoisotopic (exact) mass is 402 g/mol. The minimum atomic E-state index is 0. The maximum atomic E-state index is 4.23. The third-order valence-corrected chi connectivity index (χ3v) is 3.76. The molecule has 1 aliphatic heterocycles. The van der Waals surface area contributed by atoms with Gasteiger partial charge in [0.05, 0.1) is 6.04 Å². The lowest BCUT2D eigenvalue weighted by molar-refractivity contribution is 0.690. The topological polar surface area (TPSA) is 39.7 Å². The highest BCUT2D eigenvalue weighted by Gasteiger charge is 2.14. The van der Waals surface area contributed by atoms with Crippen molar-refractivity contribution in [3.8, 4) is 0 Å². The molecule has 4 nitrogen and oxygen atoms in total. The molecular formula is C16H27IN4. The maximum absolute atomic E-state index is 4.23. The van der Waals surface area contributed by atoms with E-state index in [0.29, 0.717) is 0 Å². The molecule has 0 saturated carbocycles. The third kappa shape index (κ3) is 5.05. The molecule has 0 spiro atoms. The van der Waals surface area contributed by atoms with Crippen LogP contribution >= 0.6 is 24.0 Å². The molecule has 2 N–H and O–H groups in total. The Labute approximate surface area is 145 Å². The van der Waals surface area contributed by atoms with Crippen molar-refractivity contribution in [2.45, 2.75) is 32.7 Å². The number of benzene rings is 1. The van der Waals surface area contributed by atoms with Crippen LogP contribution in [0.15, 0.2) is 29.3 Å². The Bertz CT molecular complexity index is 455. The minimum Gasteiger partial charge on any atom is -0.372 e. The van der Waals surface area contributed by atoms with Crippen molar-refractivity contribution in [3.63, 3.8) is 0 Å². The Morgan fingerprint density at radius 1 is 1.33 bits per heavy atom. The summed E-state index contributed by atoms with van der Waals surface area (Å²) in [5.74, 6) is 0.853. The van der Waals surface area contributed by atoms with Crippen LogP contribution in [-0.2, 0) is 0 Å². The summed E-state index contributed by atoms with van der Waals surface area (Å²) < 4.78 is 0. The minimum absolute atomic E-state index is 0. The molecule has 0 aromatic heterocycles. The number of halogens is 1. The Morgan fingerprint density at radius 2 is 2.05 bits per heavy atom. The zero-order valence-electron chi connectivity index (χ0n) is 13.2. The average molecular weight is 402 g/mol. The largest absolute Gasteiger partial charge is 0.372 e. The number of nitrogens with zero attached hydrogens (tertiary/aromatic N) is 2. The van der Waals surface area contributed by atoms with E-state index in [-0.39, 0.29) is 30.0 Å². The van der Waals surface area contributed by atoms with Gasteiger partial charge in [0, 0.05) is 32.4 Å². The SMILES string of the molecule is CCNC(=NC)NC(C)c1cccc(N2CCCC2)c1.I. The normalized spacial score (nSPS) is 16.3. The number of anilines is 1. The lowest BCUT2D eigenvalue weighted by Crippen LogP contribution is -2.38. The molecule has 0 aliphatic carbocycles. The van der Waals surface area contributed by atoms with Gasteiger partial charge in [0.25, 0.3) is 0 Å². The maximum Gasteiger partial charge on any atom is 0.191 e. The first kappa shape index (κ1) is 18.1. The van der Waals surface area contributed by atoms with Gasteiger partial charge in [-0.15, -0.1) is 24.0 Å². The van der Waals surface area contributed by atoms with E-state index in [9.17, 15) is 0 Å². The third-order valence-electron chi connectivity index (χ3n) is 3.76. The van der Waals surface area contributed by atoms with Gasteiger partial charge in [-0.2, -0.15) is 0 Å². The second kappa shape index (κ2) is 9.12. The van der Waals surface area contributed by atoms with Gasteiger partial charge < -0.3 is 15.5 Å². The van der Waals surface area contributed by atoms with Crippen molar-refractivity contribution in [2.75, 3.05) is 31.6 Å². The molecule has 0 radical (unpaired) electrons. The first-order chi connectivity index (χ1) is 9.74. The van der Waals surface area contributed by atoms with E-state index in [1.807, 2.05) is 0 Å². The average Bonchev–Trinajstić information content (AvgIpc) is 3.01. The van der Waals surface area contributed by atoms with Crippen LogP contribution in [0.25, 0.3) is 0 Å². The Balaban J connectivity index is 0.00000220. The van der Waals surface area contributed by atoms with Crippen molar-refractivity contribution < 1.29 is 0 Å². The summed E-state index contributed by atoms with van der Waals surface area (Å²) in [6.07, 6.45) is 2.62. The standard InChI is InChI=1S/C16H26N4.HI/c1-4-18-16(17-3)19-13(2)14-8-7-9-15(12-14)20-10-5-6-11-20;/h7-9,12-13H,4-6,10-11H2,1-3H3,(H2,17,18,19);1H. The highest BCUT2D eigenvalue weighted by molar-refractivity contribution is 14.0. The fraction of sp³-hybridized carbons (Fsp3) is 0.562. The van der Waals surface area contributed by atoms with Crippen LogP contribution in [0, 0.1) is 0 Å². The van der Waals surface area contributed by atoms with Crippen molar-refractivity contribution in [1.29, 1.82) is 0 Å². The zero-order chi connectivity index (χ0) is 14.4. The summed E-state index contributed by atoms with van der Waals surface area (Å²) in [5, 5.41) is 6.65. The fourth-order valence-corrected chi connectivity index (χ4v) is 2.62. The Kier molecular flexibility index (Phi) is 7.85. The van der Waals surface area contributed by atoms with E-state index in [0.717, 1.165) is 12.5 Å². The molecule has 1 aromatic carbocycles. The molecule has 5 heteroatoms. The number of hydrogen-bond acceptors (Lipinski definition) is 2. The molecular weight excluding hydrogens is 375 g/mol. The van der Waals surface area contributed by atoms with Crippen LogP contribution < -0.4 is 15.5 Å². The molecule has 1 fully saturated rings. The van der Waals surface area contributed by atoms with Gasteiger partial charge in [0.1, 0.15) is 0 Å². The van der Waals surface area contributed by atoms with Gasteiger partial charge in [-0.3, -0.25) is 4.99 Å². The predicted octanol–water partition coefficient (Wildman–Crippen LogP) is 3.15. The smallest absolute Gasteiger partial charge is 0.191 e. The number of aliphatic imine (C=N–C) groups is 1. The number of nitrogens with one attached hydrogen (secondary N) is 2. The highest BCUT2D eigenvalue weighted by Crippen LogP contribution is 2.23. The molecule has 2 rings (SSSR count). The molecule has 0 amide bonds. The number of rotatable bonds is 4. The van der Waals surface area contributed by atoms with Gasteiger partial charge in [0.15, 0.2) is 5.96 Å². The van der Waals surface area contributed by atoms with Gasteiger partial charge in [-0.1, -0.05) is 12.1 Å². The van der Waals surface area contributed by atoms with Crippen molar-refractivity contribution >= 4 is 35.6 Å². The first-order valence-electron chi connectivity index (χ1n) is 7.56. The zero-order valence-corrected chi connectivity index (χ0v) is 15.6. The van der Waals surface area contributed by atoms with Crippen LogP contribution in [0.2, 0.25) is 0 Å². The molecule has 118 valence electrons. The van der Waals surface area contributed by atoms with Crippen molar-refractivity contribution in [1.82, 2.24) is 10.6 Å².